The number of fused-ring (bicyclic) bond motifs is 3. The lowest BCUT2D eigenvalue weighted by molar-refractivity contribution is -0.142. The standard InChI is InChI=1S/C48H29F9N4/c49-46(50,51)32-18-15-28(16-19-32)35-24-21-34(27-39(35)45-59-43(29-9-3-1-4-10-29)58-44(60-45)30-11-5-2-6-12-30)61-41-14-8-7-13-37(41)38-22-17-31(25-42(38)61)36-23-20-33(47(52,53)54)26-40(36)48(55,56)57/h1-15,17-27H,16H2,(H,58,59,60). The maximum Gasteiger partial charge on any atom is 0.417 e. The van der Waals surface area contributed by atoms with Crippen LogP contribution in [0.4, 0.5) is 39.5 Å². The smallest absolute Gasteiger partial charge is 0.324 e. The summed E-state index contributed by atoms with van der Waals surface area (Å²) in [6.07, 6.45) is -11.1. The number of rotatable bonds is 4. The first kappa shape index (κ1) is 39.3. The number of amidine groups is 2. The van der Waals surface area contributed by atoms with E-state index in [1.807, 2.05) is 83.4 Å². The van der Waals surface area contributed by atoms with Crippen molar-refractivity contribution < 1.29 is 39.5 Å². The number of halogens is 9. The fourth-order valence-corrected chi connectivity index (χ4v) is 7.71. The van der Waals surface area contributed by atoms with Gasteiger partial charge in [-0.3, -0.25) is 0 Å². The summed E-state index contributed by atoms with van der Waals surface area (Å²) < 4.78 is 127. The third kappa shape index (κ3) is 7.51. The molecule has 9 rings (SSSR count). The molecule has 304 valence electrons. The van der Waals surface area contributed by atoms with Crippen molar-refractivity contribution in [2.45, 2.75) is 24.9 Å². The molecule has 0 radical (unpaired) electrons. The van der Waals surface area contributed by atoms with Crippen LogP contribution in [0.25, 0.3) is 50.0 Å². The van der Waals surface area contributed by atoms with Gasteiger partial charge in [0.05, 0.1) is 27.7 Å². The maximum absolute atomic E-state index is 14.4. The first-order valence-corrected chi connectivity index (χ1v) is 18.8. The van der Waals surface area contributed by atoms with Crippen LogP contribution in [0.3, 0.4) is 0 Å². The molecular formula is C48H29F9N4. The van der Waals surface area contributed by atoms with Crippen molar-refractivity contribution in [3.8, 4) is 16.8 Å². The summed E-state index contributed by atoms with van der Waals surface area (Å²) >= 11 is 0. The van der Waals surface area contributed by atoms with Crippen LogP contribution in [0.5, 0.6) is 0 Å². The first-order chi connectivity index (χ1) is 29.1. The van der Waals surface area contributed by atoms with Crippen LogP contribution in [0.1, 0.15) is 28.7 Å². The van der Waals surface area contributed by atoms with E-state index in [0.29, 0.717) is 67.2 Å². The zero-order valence-corrected chi connectivity index (χ0v) is 31.5. The van der Waals surface area contributed by atoms with Crippen LogP contribution >= 0.6 is 0 Å². The zero-order chi connectivity index (χ0) is 42.7. The quantitative estimate of drug-likeness (QED) is 0.176. The Kier molecular flexibility index (Phi) is 9.57. The Labute approximate surface area is 341 Å². The van der Waals surface area contributed by atoms with Gasteiger partial charge < -0.3 is 9.88 Å². The summed E-state index contributed by atoms with van der Waals surface area (Å²) in [4.78, 5) is 9.82. The molecule has 0 saturated carbocycles. The second-order valence-corrected chi connectivity index (χ2v) is 14.4. The molecule has 0 bridgehead atoms. The predicted octanol–water partition coefficient (Wildman–Crippen LogP) is 11.7. The SMILES string of the molecule is FC(F)(F)C1=CCC(=c2ccc(-n3c4ccccc4c4ccc(-c5ccc(C(F)(F)F)cc5C(F)(F)F)cc43)cc2=C2N=C(c3ccccc3)N=C(c3ccccc3)N2)C=C1. The van der Waals surface area contributed by atoms with Gasteiger partial charge in [0.15, 0.2) is 5.84 Å². The number of hydrogen-bond donors (Lipinski definition) is 1. The van der Waals surface area contributed by atoms with Crippen LogP contribution < -0.4 is 15.8 Å². The lowest BCUT2D eigenvalue weighted by Crippen LogP contribution is -2.38. The van der Waals surface area contributed by atoms with Gasteiger partial charge >= 0.3 is 18.5 Å². The van der Waals surface area contributed by atoms with E-state index in [1.54, 1.807) is 30.3 Å². The monoisotopic (exact) mass is 832 g/mol. The van der Waals surface area contributed by atoms with Gasteiger partial charge in [0, 0.05) is 32.8 Å². The molecule has 4 nitrogen and oxygen atoms in total. The Hall–Kier alpha value is -7.15. The van der Waals surface area contributed by atoms with Crippen molar-refractivity contribution >= 4 is 44.9 Å². The van der Waals surface area contributed by atoms with E-state index in [9.17, 15) is 39.5 Å². The molecule has 2 heterocycles. The number of nitrogens with one attached hydrogen (secondary N) is 1. The van der Waals surface area contributed by atoms with Gasteiger partial charge in [0.25, 0.3) is 0 Å². The molecule has 0 amide bonds. The summed E-state index contributed by atoms with van der Waals surface area (Å²) in [5.74, 6) is 1.16. The highest BCUT2D eigenvalue weighted by Crippen LogP contribution is 2.43. The first-order valence-electron chi connectivity index (χ1n) is 18.8. The molecule has 0 fully saturated rings. The molecule has 6 aromatic carbocycles. The molecule has 0 atom stereocenters. The average molecular weight is 833 g/mol. The molecular weight excluding hydrogens is 804 g/mol. The van der Waals surface area contributed by atoms with Crippen LogP contribution in [0.2, 0.25) is 0 Å². The lowest BCUT2D eigenvalue weighted by Gasteiger charge is -2.19. The minimum Gasteiger partial charge on any atom is -0.324 e. The molecule has 0 saturated heterocycles. The van der Waals surface area contributed by atoms with Gasteiger partial charge in [-0.25, -0.2) is 9.98 Å². The van der Waals surface area contributed by atoms with Crippen LogP contribution in [-0.4, -0.2) is 22.4 Å². The number of benzene rings is 6. The minimum atomic E-state index is -5.10. The number of para-hydroxylation sites is 1. The summed E-state index contributed by atoms with van der Waals surface area (Å²) in [7, 11) is 0. The van der Waals surface area contributed by atoms with E-state index >= 15 is 0 Å². The van der Waals surface area contributed by atoms with E-state index in [0.717, 1.165) is 29.2 Å². The summed E-state index contributed by atoms with van der Waals surface area (Å²) in [6, 6.07) is 37.4. The molecule has 1 N–H and O–H groups in total. The number of aromatic nitrogens is 1. The zero-order valence-electron chi connectivity index (χ0n) is 31.5. The number of nitrogens with zero attached hydrogens (tertiary/aromatic N) is 3. The molecule has 0 unspecified atom stereocenters. The maximum atomic E-state index is 14.4. The molecule has 61 heavy (non-hydrogen) atoms. The highest BCUT2D eigenvalue weighted by atomic mass is 19.4. The van der Waals surface area contributed by atoms with Gasteiger partial charge in [-0.2, -0.15) is 39.5 Å². The van der Waals surface area contributed by atoms with Crippen molar-refractivity contribution in [3.63, 3.8) is 0 Å². The Balaban J connectivity index is 1.32. The lowest BCUT2D eigenvalue weighted by atomic mass is 9.96. The van der Waals surface area contributed by atoms with Crippen molar-refractivity contribution in [3.05, 3.63) is 196 Å². The van der Waals surface area contributed by atoms with E-state index in [1.165, 1.54) is 18.2 Å². The largest absolute Gasteiger partial charge is 0.417 e. The van der Waals surface area contributed by atoms with Gasteiger partial charge in [-0.1, -0.05) is 121 Å². The summed E-state index contributed by atoms with van der Waals surface area (Å²) in [6.45, 7) is 0. The minimum absolute atomic E-state index is 0.0359. The molecule has 1 aromatic heterocycles. The highest BCUT2D eigenvalue weighted by Gasteiger charge is 2.38. The second kappa shape index (κ2) is 14.8. The Morgan fingerprint density at radius 3 is 1.89 bits per heavy atom. The average Bonchev–Trinajstić information content (AvgIpc) is 3.59. The van der Waals surface area contributed by atoms with Gasteiger partial charge in [0.2, 0.25) is 0 Å². The highest BCUT2D eigenvalue weighted by molar-refractivity contribution is 6.16. The second-order valence-electron chi connectivity index (χ2n) is 14.4. The Bertz CT molecular complexity index is 3130. The predicted molar refractivity (Wildman–Crippen MR) is 219 cm³/mol. The Morgan fingerprint density at radius 2 is 1.21 bits per heavy atom. The van der Waals surface area contributed by atoms with Gasteiger partial charge in [-0.15, -0.1) is 0 Å². The van der Waals surface area contributed by atoms with E-state index < -0.39 is 40.8 Å². The molecule has 13 heteroatoms. The molecule has 0 spiro atoms. The molecule has 1 aliphatic carbocycles. The van der Waals surface area contributed by atoms with Crippen molar-refractivity contribution in [1.29, 1.82) is 0 Å². The third-order valence-electron chi connectivity index (χ3n) is 10.6. The molecule has 1 aliphatic heterocycles. The number of allylic oxidation sites excluding steroid dienone is 4. The van der Waals surface area contributed by atoms with Crippen molar-refractivity contribution in [2.24, 2.45) is 9.98 Å². The van der Waals surface area contributed by atoms with Crippen LogP contribution in [-0.2, 0) is 12.4 Å². The normalized spacial score (nSPS) is 16.6. The fraction of sp³-hybridized carbons (Fsp3) is 0.0833. The van der Waals surface area contributed by atoms with Crippen molar-refractivity contribution in [2.75, 3.05) is 0 Å². The van der Waals surface area contributed by atoms with E-state index in [-0.39, 0.29) is 18.1 Å². The van der Waals surface area contributed by atoms with Gasteiger partial charge in [-0.05, 0) is 64.7 Å². The fourth-order valence-electron chi connectivity index (χ4n) is 7.71. The number of alkyl halides is 9. The van der Waals surface area contributed by atoms with Crippen molar-refractivity contribution in [1.82, 2.24) is 9.88 Å². The van der Waals surface area contributed by atoms with Crippen LogP contribution in [0, 0.1) is 0 Å². The Morgan fingerprint density at radius 1 is 0.525 bits per heavy atom. The number of hydrogen-bond acceptors (Lipinski definition) is 3. The topological polar surface area (TPSA) is 41.7 Å². The molecule has 2 aliphatic rings. The third-order valence-corrected chi connectivity index (χ3v) is 10.6. The van der Waals surface area contributed by atoms with E-state index in [4.69, 9.17) is 9.98 Å². The van der Waals surface area contributed by atoms with Crippen LogP contribution in [0.15, 0.2) is 173 Å². The molecule has 7 aromatic rings. The van der Waals surface area contributed by atoms with Gasteiger partial charge in [0.1, 0.15) is 11.7 Å². The summed E-state index contributed by atoms with van der Waals surface area (Å²) in [5.41, 5.74) is -0.378. The summed E-state index contributed by atoms with van der Waals surface area (Å²) in [5, 5.41) is 5.82. The number of aliphatic imine (C=N–C) groups is 2. The van der Waals surface area contributed by atoms with E-state index in [2.05, 4.69) is 5.32 Å².